The van der Waals surface area contributed by atoms with E-state index in [0.717, 1.165) is 23.4 Å². The number of nitrogens with one attached hydrogen (secondary N) is 2. The highest BCUT2D eigenvalue weighted by Crippen LogP contribution is 2.17. The van der Waals surface area contributed by atoms with Crippen molar-refractivity contribution in [2.24, 2.45) is 0 Å². The molecule has 0 aliphatic heterocycles. The third kappa shape index (κ3) is 3.18. The average Bonchev–Trinajstić information content (AvgIpc) is 2.47. The topological polar surface area (TPSA) is 41.1 Å². The van der Waals surface area contributed by atoms with Gasteiger partial charge in [-0.25, -0.2) is 0 Å². The van der Waals surface area contributed by atoms with Gasteiger partial charge in [-0.3, -0.25) is 4.79 Å². The molecule has 3 heteroatoms. The maximum absolute atomic E-state index is 12.2. The molecule has 0 bridgehead atoms. The second-order valence-corrected chi connectivity index (χ2v) is 4.79. The molecule has 2 N–H and O–H groups in total. The summed E-state index contributed by atoms with van der Waals surface area (Å²) < 4.78 is 0. The third-order valence-corrected chi connectivity index (χ3v) is 3.35. The lowest BCUT2D eigenvalue weighted by molar-refractivity contribution is 0.102. The van der Waals surface area contributed by atoms with Crippen LogP contribution in [0.4, 0.5) is 11.4 Å². The fourth-order valence-corrected chi connectivity index (χ4v) is 2.16. The molecule has 0 atom stereocenters. The molecule has 2 aromatic carbocycles. The van der Waals surface area contributed by atoms with Crippen LogP contribution in [0.2, 0.25) is 0 Å². The highest BCUT2D eigenvalue weighted by molar-refractivity contribution is 6.04. The Kier molecular flexibility index (Phi) is 4.41. The first kappa shape index (κ1) is 14.1. The summed E-state index contributed by atoms with van der Waals surface area (Å²) in [6.07, 6.45) is 0.958. The van der Waals surface area contributed by atoms with Crippen molar-refractivity contribution in [1.29, 1.82) is 0 Å². The Morgan fingerprint density at radius 1 is 1.15 bits per heavy atom. The van der Waals surface area contributed by atoms with E-state index < -0.39 is 0 Å². The number of rotatable bonds is 4. The minimum absolute atomic E-state index is 0.0796. The zero-order valence-electron chi connectivity index (χ0n) is 12.2. The molecular weight excluding hydrogens is 248 g/mol. The van der Waals surface area contributed by atoms with Crippen molar-refractivity contribution in [3.63, 3.8) is 0 Å². The van der Waals surface area contributed by atoms with Gasteiger partial charge in [0.25, 0.3) is 5.91 Å². The number of anilines is 2. The fourth-order valence-electron chi connectivity index (χ4n) is 2.16. The van der Waals surface area contributed by atoms with E-state index >= 15 is 0 Å². The summed E-state index contributed by atoms with van der Waals surface area (Å²) in [5, 5.41) is 6.03. The van der Waals surface area contributed by atoms with Crippen LogP contribution in [0.5, 0.6) is 0 Å². The summed E-state index contributed by atoms with van der Waals surface area (Å²) in [4.78, 5) is 12.2. The predicted molar refractivity (Wildman–Crippen MR) is 84.5 cm³/mol. The second kappa shape index (κ2) is 6.24. The van der Waals surface area contributed by atoms with Gasteiger partial charge >= 0.3 is 0 Å². The minimum Gasteiger partial charge on any atom is -0.388 e. The number of amides is 1. The van der Waals surface area contributed by atoms with Gasteiger partial charge in [-0.15, -0.1) is 0 Å². The second-order valence-electron chi connectivity index (χ2n) is 4.79. The molecule has 0 heterocycles. The summed E-state index contributed by atoms with van der Waals surface area (Å²) in [7, 11) is 1.87. The largest absolute Gasteiger partial charge is 0.388 e. The number of hydrogen-bond donors (Lipinski definition) is 2. The molecule has 0 fully saturated rings. The van der Waals surface area contributed by atoms with Crippen molar-refractivity contribution in [3.05, 3.63) is 59.2 Å². The van der Waals surface area contributed by atoms with Crippen LogP contribution in [0.25, 0.3) is 0 Å². The third-order valence-electron chi connectivity index (χ3n) is 3.35. The van der Waals surface area contributed by atoms with Crippen molar-refractivity contribution in [3.8, 4) is 0 Å². The Bertz CT molecular complexity index is 620. The molecule has 0 unspecified atom stereocenters. The van der Waals surface area contributed by atoms with Crippen molar-refractivity contribution < 1.29 is 4.79 Å². The van der Waals surface area contributed by atoms with Gasteiger partial charge in [0.1, 0.15) is 0 Å². The Hall–Kier alpha value is -2.29. The van der Waals surface area contributed by atoms with Gasteiger partial charge in [-0.1, -0.05) is 19.1 Å². The Labute approximate surface area is 120 Å². The van der Waals surface area contributed by atoms with Gasteiger partial charge < -0.3 is 10.6 Å². The van der Waals surface area contributed by atoms with Crippen LogP contribution < -0.4 is 10.6 Å². The van der Waals surface area contributed by atoms with Crippen molar-refractivity contribution in [2.75, 3.05) is 17.7 Å². The molecule has 104 valence electrons. The number of benzene rings is 2. The minimum atomic E-state index is -0.0796. The molecule has 0 aromatic heterocycles. The average molecular weight is 268 g/mol. The standard InChI is InChI=1S/C17H20N2O/c1-4-13-6-5-7-15(11-13)19-17(20)14-8-9-16(18-3)12(2)10-14/h5-11,18H,4H2,1-3H3,(H,19,20). The van der Waals surface area contributed by atoms with Crippen molar-refractivity contribution in [1.82, 2.24) is 0 Å². The van der Waals surface area contributed by atoms with E-state index in [9.17, 15) is 4.79 Å². The molecular formula is C17H20N2O. The summed E-state index contributed by atoms with van der Waals surface area (Å²) >= 11 is 0. The zero-order chi connectivity index (χ0) is 14.5. The highest BCUT2D eigenvalue weighted by Gasteiger charge is 2.08. The molecule has 0 radical (unpaired) electrons. The summed E-state index contributed by atoms with van der Waals surface area (Å²) in [5.41, 5.74) is 4.81. The lowest BCUT2D eigenvalue weighted by Crippen LogP contribution is -2.12. The van der Waals surface area contributed by atoms with Gasteiger partial charge in [0.15, 0.2) is 0 Å². The van der Waals surface area contributed by atoms with Gasteiger partial charge in [0.2, 0.25) is 0 Å². The molecule has 0 saturated carbocycles. The van der Waals surface area contributed by atoms with Crippen LogP contribution in [0.3, 0.4) is 0 Å². The zero-order valence-corrected chi connectivity index (χ0v) is 12.2. The summed E-state index contributed by atoms with van der Waals surface area (Å²) in [6, 6.07) is 13.6. The SMILES string of the molecule is CCc1cccc(NC(=O)c2ccc(NC)c(C)c2)c1. The molecule has 0 saturated heterocycles. The molecule has 2 rings (SSSR count). The maximum Gasteiger partial charge on any atom is 0.255 e. The van der Waals surface area contributed by atoms with E-state index in [2.05, 4.69) is 23.6 Å². The fraction of sp³-hybridized carbons (Fsp3) is 0.235. The van der Waals surface area contributed by atoms with Crippen LogP contribution in [0.1, 0.15) is 28.4 Å². The predicted octanol–water partition coefficient (Wildman–Crippen LogP) is 3.85. The number of hydrogen-bond acceptors (Lipinski definition) is 2. The Morgan fingerprint density at radius 2 is 1.95 bits per heavy atom. The van der Waals surface area contributed by atoms with E-state index in [1.165, 1.54) is 5.56 Å². The molecule has 1 amide bonds. The van der Waals surface area contributed by atoms with Crippen LogP contribution in [-0.2, 0) is 6.42 Å². The van der Waals surface area contributed by atoms with Gasteiger partial charge in [-0.2, -0.15) is 0 Å². The van der Waals surface area contributed by atoms with Crippen LogP contribution in [-0.4, -0.2) is 13.0 Å². The van der Waals surface area contributed by atoms with Crippen LogP contribution in [0.15, 0.2) is 42.5 Å². The first-order chi connectivity index (χ1) is 9.63. The van der Waals surface area contributed by atoms with Crippen molar-refractivity contribution >= 4 is 17.3 Å². The number of aryl methyl sites for hydroxylation is 2. The smallest absolute Gasteiger partial charge is 0.255 e. The maximum atomic E-state index is 12.2. The van der Waals surface area contributed by atoms with Gasteiger partial charge in [-0.05, 0) is 54.8 Å². The Morgan fingerprint density at radius 3 is 2.60 bits per heavy atom. The first-order valence-electron chi connectivity index (χ1n) is 6.82. The van der Waals surface area contributed by atoms with E-state index in [4.69, 9.17) is 0 Å². The molecule has 0 aliphatic rings. The normalized spacial score (nSPS) is 10.2. The first-order valence-corrected chi connectivity index (χ1v) is 6.82. The molecule has 0 spiro atoms. The Balaban J connectivity index is 2.17. The van der Waals surface area contributed by atoms with E-state index in [0.29, 0.717) is 5.56 Å². The highest BCUT2D eigenvalue weighted by atomic mass is 16.1. The lowest BCUT2D eigenvalue weighted by Gasteiger charge is -2.09. The van der Waals surface area contributed by atoms with Crippen LogP contribution >= 0.6 is 0 Å². The monoisotopic (exact) mass is 268 g/mol. The molecule has 3 nitrogen and oxygen atoms in total. The van der Waals surface area contributed by atoms with E-state index in [1.54, 1.807) is 0 Å². The lowest BCUT2D eigenvalue weighted by atomic mass is 10.1. The molecule has 20 heavy (non-hydrogen) atoms. The van der Waals surface area contributed by atoms with Gasteiger partial charge in [0.05, 0.1) is 0 Å². The molecule has 0 aliphatic carbocycles. The van der Waals surface area contributed by atoms with E-state index in [-0.39, 0.29) is 5.91 Å². The van der Waals surface area contributed by atoms with Crippen LogP contribution in [0, 0.1) is 6.92 Å². The van der Waals surface area contributed by atoms with Gasteiger partial charge in [0, 0.05) is 24.0 Å². The summed E-state index contributed by atoms with van der Waals surface area (Å²) in [6.45, 7) is 4.08. The number of carbonyl (C=O) groups is 1. The number of carbonyl (C=O) groups excluding carboxylic acids is 1. The van der Waals surface area contributed by atoms with Crippen molar-refractivity contribution in [2.45, 2.75) is 20.3 Å². The quantitative estimate of drug-likeness (QED) is 0.884. The summed E-state index contributed by atoms with van der Waals surface area (Å²) in [5.74, 6) is -0.0796. The van der Waals surface area contributed by atoms with E-state index in [1.807, 2.05) is 50.4 Å². The molecule has 2 aromatic rings.